The smallest absolute Gasteiger partial charge is 0.338 e. The molecule has 1 aliphatic heterocycles. The van der Waals surface area contributed by atoms with Crippen molar-refractivity contribution in [1.29, 1.82) is 0 Å². The molecule has 1 aromatic heterocycles. The number of nitrogens with one attached hydrogen (secondary N) is 1. The van der Waals surface area contributed by atoms with Crippen LogP contribution < -0.4 is 10.1 Å². The van der Waals surface area contributed by atoms with E-state index in [2.05, 4.69) is 28.2 Å². The predicted octanol–water partition coefficient (Wildman–Crippen LogP) is 7.02. The number of carbonyl (C=O) groups excluding carboxylic acids is 1. The number of hydrogen-bond acceptors (Lipinski definition) is 7. The number of hydrogen-bond donors (Lipinski definition) is 1. The number of carbonyl (C=O) groups is 1. The molecule has 0 amide bonds. The lowest BCUT2D eigenvalue weighted by Gasteiger charge is -2.29. The van der Waals surface area contributed by atoms with Crippen molar-refractivity contribution in [3.05, 3.63) is 74.4 Å². The number of benzene rings is 2. The third-order valence-corrected chi connectivity index (χ3v) is 7.19. The quantitative estimate of drug-likeness (QED) is 0.212. The number of nitrogens with zero attached hydrogens (tertiary/aromatic N) is 3. The fourth-order valence-corrected chi connectivity index (χ4v) is 5.35. The molecule has 10 heteroatoms. The van der Waals surface area contributed by atoms with Gasteiger partial charge >= 0.3 is 5.97 Å². The molecule has 1 atom stereocenters. The van der Waals surface area contributed by atoms with Gasteiger partial charge in [0.25, 0.3) is 0 Å². The Kier molecular flexibility index (Phi) is 8.64. The highest BCUT2D eigenvalue weighted by atomic mass is 79.9. The van der Waals surface area contributed by atoms with Crippen molar-refractivity contribution in [3.63, 3.8) is 0 Å². The van der Waals surface area contributed by atoms with E-state index in [4.69, 9.17) is 31.2 Å². The van der Waals surface area contributed by atoms with Crippen molar-refractivity contribution >= 4 is 51.2 Å². The Morgan fingerprint density at radius 1 is 1.28 bits per heavy atom. The van der Waals surface area contributed by atoms with E-state index in [1.54, 1.807) is 4.68 Å². The van der Waals surface area contributed by atoms with E-state index in [1.807, 2.05) is 63.2 Å². The minimum absolute atomic E-state index is 0.268. The van der Waals surface area contributed by atoms with Gasteiger partial charge in [0.1, 0.15) is 11.8 Å². The monoisotopic (exact) mass is 590 g/mol. The number of aromatic nitrogens is 3. The van der Waals surface area contributed by atoms with Crippen LogP contribution in [0.5, 0.6) is 5.75 Å². The second kappa shape index (κ2) is 11.7. The van der Waals surface area contributed by atoms with Crippen molar-refractivity contribution in [2.45, 2.75) is 57.2 Å². The second-order valence-electron chi connectivity index (χ2n) is 8.59. The van der Waals surface area contributed by atoms with E-state index in [-0.39, 0.29) is 6.10 Å². The Labute approximate surface area is 228 Å². The first-order valence-electron chi connectivity index (χ1n) is 11.7. The fraction of sp³-hybridized carbons (Fsp3) is 0.346. The molecule has 0 fully saturated rings. The van der Waals surface area contributed by atoms with Gasteiger partial charge in [-0.05, 0) is 57.0 Å². The lowest BCUT2D eigenvalue weighted by atomic mass is 9.95. The molecule has 0 spiro atoms. The Morgan fingerprint density at radius 2 is 2.06 bits per heavy atom. The maximum Gasteiger partial charge on any atom is 0.338 e. The molecule has 0 aliphatic carbocycles. The van der Waals surface area contributed by atoms with Gasteiger partial charge in [-0.2, -0.15) is 4.98 Å². The van der Waals surface area contributed by atoms with Gasteiger partial charge in [-0.25, -0.2) is 9.48 Å². The number of thioether (sulfide) groups is 1. The third-order valence-electron chi connectivity index (χ3n) is 5.44. The molecule has 0 saturated carbocycles. The largest absolute Gasteiger partial charge is 0.493 e. The van der Waals surface area contributed by atoms with E-state index in [1.165, 1.54) is 11.8 Å². The summed E-state index contributed by atoms with van der Waals surface area (Å²) in [6, 6.07) is 12.9. The number of esters is 1. The summed E-state index contributed by atoms with van der Waals surface area (Å²) in [6.07, 6.45) is 0.589. The second-order valence-corrected chi connectivity index (χ2v) is 10.9. The van der Waals surface area contributed by atoms with Gasteiger partial charge in [0.15, 0.2) is 0 Å². The maximum atomic E-state index is 13.3. The molecule has 190 valence electrons. The Hall–Kier alpha value is -2.49. The van der Waals surface area contributed by atoms with Gasteiger partial charge in [0, 0.05) is 26.5 Å². The summed E-state index contributed by atoms with van der Waals surface area (Å²) in [5.41, 5.74) is 2.92. The van der Waals surface area contributed by atoms with Crippen molar-refractivity contribution in [2.75, 3.05) is 11.9 Å². The van der Waals surface area contributed by atoms with Crippen molar-refractivity contribution in [3.8, 4) is 5.75 Å². The number of halogens is 2. The van der Waals surface area contributed by atoms with Crippen LogP contribution in [0.2, 0.25) is 5.02 Å². The average molecular weight is 592 g/mol. The van der Waals surface area contributed by atoms with Gasteiger partial charge in [0.05, 0.1) is 18.3 Å². The Morgan fingerprint density at radius 3 is 2.78 bits per heavy atom. The molecule has 1 unspecified atom stereocenters. The fourth-order valence-electron chi connectivity index (χ4n) is 3.86. The van der Waals surface area contributed by atoms with Gasteiger partial charge in [0.2, 0.25) is 11.1 Å². The van der Waals surface area contributed by atoms with Gasteiger partial charge in [-0.1, -0.05) is 64.4 Å². The highest BCUT2D eigenvalue weighted by Crippen LogP contribution is 2.41. The van der Waals surface area contributed by atoms with E-state index < -0.39 is 12.0 Å². The SMILES string of the molecule is CCCOc1ccc(Br)cc1C1C(C(=O)OC(C)C)=C(C)Nc2nc(SCc3ccccc3Cl)nn21. The summed E-state index contributed by atoms with van der Waals surface area (Å²) in [5.74, 6) is 1.43. The van der Waals surface area contributed by atoms with Crippen LogP contribution in [0, 0.1) is 0 Å². The average Bonchev–Trinajstić information content (AvgIpc) is 3.23. The minimum atomic E-state index is -0.584. The van der Waals surface area contributed by atoms with Crippen LogP contribution in [0.4, 0.5) is 5.95 Å². The van der Waals surface area contributed by atoms with Crippen LogP contribution in [-0.2, 0) is 15.3 Å². The standard InChI is InChI=1S/C26H28BrClN4O3S/c1-5-12-34-21-11-10-18(27)13-19(21)23-22(24(33)35-15(2)3)16(4)29-25-30-26(31-32(23)25)36-14-17-8-6-7-9-20(17)28/h6-11,13,15,23H,5,12,14H2,1-4H3,(H,29,30,31). The molecule has 0 radical (unpaired) electrons. The number of fused-ring (bicyclic) bond motifs is 1. The maximum absolute atomic E-state index is 13.3. The van der Waals surface area contributed by atoms with Crippen LogP contribution in [0.3, 0.4) is 0 Å². The lowest BCUT2D eigenvalue weighted by molar-refractivity contribution is -0.143. The zero-order valence-corrected chi connectivity index (χ0v) is 23.7. The first-order chi connectivity index (χ1) is 17.3. The van der Waals surface area contributed by atoms with Crippen LogP contribution >= 0.6 is 39.3 Å². The lowest BCUT2D eigenvalue weighted by Crippen LogP contribution is -2.31. The summed E-state index contributed by atoms with van der Waals surface area (Å²) >= 11 is 11.4. The highest BCUT2D eigenvalue weighted by molar-refractivity contribution is 9.10. The van der Waals surface area contributed by atoms with Crippen molar-refractivity contribution in [1.82, 2.24) is 14.8 Å². The van der Waals surface area contributed by atoms with Gasteiger partial charge in [-0.3, -0.25) is 0 Å². The molecular weight excluding hydrogens is 564 g/mol. The Bertz CT molecular complexity index is 1290. The molecule has 0 bridgehead atoms. The molecule has 2 heterocycles. The van der Waals surface area contributed by atoms with Crippen LogP contribution in [0.25, 0.3) is 0 Å². The van der Waals surface area contributed by atoms with Crippen LogP contribution in [0.1, 0.15) is 51.3 Å². The van der Waals surface area contributed by atoms with Gasteiger partial charge < -0.3 is 14.8 Å². The molecular formula is C26H28BrClN4O3S. The van der Waals surface area contributed by atoms with E-state index in [9.17, 15) is 4.79 Å². The van der Waals surface area contributed by atoms with E-state index in [0.717, 1.165) is 22.0 Å². The van der Waals surface area contributed by atoms with Crippen LogP contribution in [0.15, 0.2) is 63.4 Å². The topological polar surface area (TPSA) is 78.3 Å². The highest BCUT2D eigenvalue weighted by Gasteiger charge is 2.37. The third kappa shape index (κ3) is 5.90. The molecule has 1 N–H and O–H groups in total. The normalized spacial score (nSPS) is 15.0. The number of allylic oxidation sites excluding steroid dienone is 1. The molecule has 0 saturated heterocycles. The first kappa shape index (κ1) is 26.6. The summed E-state index contributed by atoms with van der Waals surface area (Å²) in [7, 11) is 0. The van der Waals surface area contributed by atoms with E-state index >= 15 is 0 Å². The van der Waals surface area contributed by atoms with Crippen molar-refractivity contribution < 1.29 is 14.3 Å². The number of anilines is 1. The summed E-state index contributed by atoms with van der Waals surface area (Å²) < 4.78 is 14.3. The summed E-state index contributed by atoms with van der Waals surface area (Å²) in [6.45, 7) is 8.12. The minimum Gasteiger partial charge on any atom is -0.493 e. The van der Waals surface area contributed by atoms with Crippen molar-refractivity contribution in [2.24, 2.45) is 0 Å². The molecule has 1 aliphatic rings. The predicted molar refractivity (Wildman–Crippen MR) is 147 cm³/mol. The zero-order chi connectivity index (χ0) is 25.8. The molecule has 36 heavy (non-hydrogen) atoms. The number of rotatable bonds is 9. The first-order valence-corrected chi connectivity index (χ1v) is 13.9. The Balaban J connectivity index is 1.77. The molecule has 4 rings (SSSR count). The summed E-state index contributed by atoms with van der Waals surface area (Å²) in [5, 5.41) is 9.32. The molecule has 2 aromatic carbocycles. The van der Waals surface area contributed by atoms with Gasteiger partial charge in [-0.15, -0.1) is 5.10 Å². The number of ether oxygens (including phenoxy) is 2. The molecule has 3 aromatic rings. The zero-order valence-electron chi connectivity index (χ0n) is 20.5. The summed E-state index contributed by atoms with van der Waals surface area (Å²) in [4.78, 5) is 18.0. The van der Waals surface area contributed by atoms with E-state index in [0.29, 0.717) is 45.5 Å². The van der Waals surface area contributed by atoms with Crippen LogP contribution in [-0.4, -0.2) is 33.4 Å². The molecule has 7 nitrogen and oxygen atoms in total.